The first-order chi connectivity index (χ1) is 12.6. The molecule has 2 fully saturated rings. The number of ether oxygens (including phenoxy) is 1. The van der Waals surface area contributed by atoms with Gasteiger partial charge in [0.05, 0.1) is 25.3 Å². The van der Waals surface area contributed by atoms with Gasteiger partial charge in [0, 0.05) is 25.0 Å². The molecule has 26 heavy (non-hydrogen) atoms. The smallest absolute Gasteiger partial charge is 0.275 e. The molecule has 1 N–H and O–H groups in total. The molecule has 2 aromatic rings. The van der Waals surface area contributed by atoms with Crippen LogP contribution in [0.3, 0.4) is 0 Å². The van der Waals surface area contributed by atoms with Crippen molar-refractivity contribution in [1.82, 2.24) is 20.0 Å². The average molecular weight is 360 g/mol. The summed E-state index contributed by atoms with van der Waals surface area (Å²) in [6, 6.07) is 7.31. The van der Waals surface area contributed by atoms with Crippen LogP contribution in [0.1, 0.15) is 23.3 Å². The number of piperidine rings is 1. The normalized spacial score (nSPS) is 24.0. The van der Waals surface area contributed by atoms with Crippen molar-refractivity contribution in [2.45, 2.75) is 18.5 Å². The minimum Gasteiger partial charge on any atom is -0.378 e. The maximum atomic E-state index is 15.5. The quantitative estimate of drug-likeness (QED) is 0.877. The molecule has 2 amide bonds. The monoisotopic (exact) mass is 360 g/mol. The van der Waals surface area contributed by atoms with E-state index >= 15 is 4.39 Å². The first kappa shape index (κ1) is 17.0. The van der Waals surface area contributed by atoms with Crippen molar-refractivity contribution in [3.05, 3.63) is 30.0 Å². The van der Waals surface area contributed by atoms with Crippen LogP contribution in [0.25, 0.3) is 10.9 Å². The molecule has 0 spiro atoms. The SMILES string of the molecule is O=C(c1n[nH]c2ccccc12)N1CCCC(F)(C(=O)N2CCOCC2)C1. The zero-order chi connectivity index (χ0) is 18.1. The van der Waals surface area contributed by atoms with Gasteiger partial charge in [-0.1, -0.05) is 18.2 Å². The average Bonchev–Trinajstić information content (AvgIpc) is 3.11. The molecule has 3 heterocycles. The van der Waals surface area contributed by atoms with Crippen LogP contribution in [0.15, 0.2) is 24.3 Å². The van der Waals surface area contributed by atoms with E-state index in [1.807, 2.05) is 18.2 Å². The van der Waals surface area contributed by atoms with Crippen molar-refractivity contribution in [3.63, 3.8) is 0 Å². The van der Waals surface area contributed by atoms with E-state index in [1.165, 1.54) is 9.80 Å². The Morgan fingerprint density at radius 1 is 1.15 bits per heavy atom. The van der Waals surface area contributed by atoms with Gasteiger partial charge in [0.2, 0.25) is 5.67 Å². The lowest BCUT2D eigenvalue weighted by Crippen LogP contribution is -2.58. The predicted molar refractivity (Wildman–Crippen MR) is 92.5 cm³/mol. The standard InChI is InChI=1S/C18H21FN4O3/c19-18(17(25)22-8-10-26-11-9-22)6-3-7-23(12-18)16(24)15-13-4-1-2-5-14(13)20-21-15/h1-2,4-5H,3,6-12H2,(H,20,21). The lowest BCUT2D eigenvalue weighted by Gasteiger charge is -2.39. The number of morpholine rings is 1. The lowest BCUT2D eigenvalue weighted by atomic mass is 9.92. The number of fused-ring (bicyclic) bond motifs is 1. The van der Waals surface area contributed by atoms with Crippen LogP contribution in [-0.4, -0.2) is 76.9 Å². The minimum atomic E-state index is -2.04. The number of amides is 2. The number of nitrogens with zero attached hydrogens (tertiary/aromatic N) is 3. The van der Waals surface area contributed by atoms with Crippen LogP contribution in [0, 0.1) is 0 Å². The third kappa shape index (κ3) is 2.94. The summed E-state index contributed by atoms with van der Waals surface area (Å²) in [5.41, 5.74) is -1.02. The second kappa shape index (κ2) is 6.68. The van der Waals surface area contributed by atoms with E-state index in [-0.39, 0.29) is 24.6 Å². The van der Waals surface area contributed by atoms with E-state index < -0.39 is 11.6 Å². The number of halogens is 1. The number of hydrogen-bond donors (Lipinski definition) is 1. The second-order valence-electron chi connectivity index (χ2n) is 6.82. The predicted octanol–water partition coefficient (Wildman–Crippen LogP) is 1.37. The Kier molecular flexibility index (Phi) is 4.36. The van der Waals surface area contributed by atoms with Crippen LogP contribution in [-0.2, 0) is 9.53 Å². The molecule has 0 bridgehead atoms. The van der Waals surface area contributed by atoms with Crippen LogP contribution >= 0.6 is 0 Å². The number of carbonyl (C=O) groups excluding carboxylic acids is 2. The molecule has 2 aliphatic rings. The highest BCUT2D eigenvalue weighted by atomic mass is 19.1. The van der Waals surface area contributed by atoms with E-state index in [9.17, 15) is 9.59 Å². The Morgan fingerprint density at radius 3 is 2.73 bits per heavy atom. The molecule has 7 nitrogen and oxygen atoms in total. The van der Waals surface area contributed by atoms with Crippen LogP contribution in [0.4, 0.5) is 4.39 Å². The summed E-state index contributed by atoms with van der Waals surface area (Å²) in [6.07, 6.45) is 0.578. The summed E-state index contributed by atoms with van der Waals surface area (Å²) in [7, 11) is 0. The van der Waals surface area contributed by atoms with Crippen molar-refractivity contribution in [2.24, 2.45) is 0 Å². The van der Waals surface area contributed by atoms with E-state index in [1.54, 1.807) is 6.07 Å². The number of aromatic nitrogens is 2. The minimum absolute atomic E-state index is 0.133. The Labute approximate surface area is 150 Å². The van der Waals surface area contributed by atoms with Crippen molar-refractivity contribution in [1.29, 1.82) is 0 Å². The topological polar surface area (TPSA) is 78.5 Å². The molecule has 138 valence electrons. The molecule has 1 unspecified atom stereocenters. The lowest BCUT2D eigenvalue weighted by molar-refractivity contribution is -0.151. The highest BCUT2D eigenvalue weighted by Crippen LogP contribution is 2.29. The molecule has 2 saturated heterocycles. The molecular weight excluding hydrogens is 339 g/mol. The van der Waals surface area contributed by atoms with Gasteiger partial charge in [-0.15, -0.1) is 0 Å². The van der Waals surface area contributed by atoms with Gasteiger partial charge in [-0.25, -0.2) is 4.39 Å². The van der Waals surface area contributed by atoms with Gasteiger partial charge in [0.25, 0.3) is 11.8 Å². The fourth-order valence-electron chi connectivity index (χ4n) is 3.68. The molecule has 1 aromatic carbocycles. The first-order valence-corrected chi connectivity index (χ1v) is 8.87. The summed E-state index contributed by atoms with van der Waals surface area (Å²) in [5.74, 6) is -0.885. The van der Waals surface area contributed by atoms with Crippen molar-refractivity contribution < 1.29 is 18.7 Å². The van der Waals surface area contributed by atoms with Gasteiger partial charge in [0.15, 0.2) is 5.69 Å². The number of carbonyl (C=O) groups is 2. The number of para-hydroxylation sites is 1. The third-order valence-corrected chi connectivity index (χ3v) is 5.08. The molecular formula is C18H21FN4O3. The summed E-state index contributed by atoms with van der Waals surface area (Å²) in [4.78, 5) is 28.5. The molecule has 4 rings (SSSR count). The highest BCUT2D eigenvalue weighted by molar-refractivity contribution is 6.05. The number of H-pyrrole nitrogens is 1. The number of likely N-dealkylation sites (tertiary alicyclic amines) is 1. The fraction of sp³-hybridized carbons (Fsp3) is 0.500. The van der Waals surface area contributed by atoms with E-state index in [0.29, 0.717) is 44.7 Å². The summed E-state index contributed by atoms with van der Waals surface area (Å²) in [5, 5.41) is 7.63. The molecule has 0 saturated carbocycles. The Morgan fingerprint density at radius 2 is 1.92 bits per heavy atom. The Hall–Kier alpha value is -2.48. The van der Waals surface area contributed by atoms with Gasteiger partial charge in [-0.3, -0.25) is 14.7 Å². The number of rotatable bonds is 2. The van der Waals surface area contributed by atoms with Crippen LogP contribution in [0.2, 0.25) is 0 Å². The molecule has 1 aromatic heterocycles. The molecule has 0 radical (unpaired) electrons. The van der Waals surface area contributed by atoms with Gasteiger partial charge < -0.3 is 14.5 Å². The van der Waals surface area contributed by atoms with Crippen LogP contribution < -0.4 is 0 Å². The van der Waals surface area contributed by atoms with Crippen molar-refractivity contribution in [2.75, 3.05) is 39.4 Å². The maximum Gasteiger partial charge on any atom is 0.275 e. The van der Waals surface area contributed by atoms with Gasteiger partial charge in [-0.05, 0) is 18.9 Å². The number of hydrogen-bond acceptors (Lipinski definition) is 4. The Bertz CT molecular complexity index is 833. The highest BCUT2D eigenvalue weighted by Gasteiger charge is 2.46. The largest absolute Gasteiger partial charge is 0.378 e. The van der Waals surface area contributed by atoms with Crippen molar-refractivity contribution in [3.8, 4) is 0 Å². The zero-order valence-electron chi connectivity index (χ0n) is 14.4. The first-order valence-electron chi connectivity index (χ1n) is 8.87. The number of benzene rings is 1. The summed E-state index contributed by atoms with van der Waals surface area (Å²) in [6.45, 7) is 1.81. The Balaban J connectivity index is 1.54. The number of aromatic amines is 1. The molecule has 2 aliphatic heterocycles. The van der Waals surface area contributed by atoms with Gasteiger partial charge in [0.1, 0.15) is 0 Å². The van der Waals surface area contributed by atoms with Gasteiger partial charge >= 0.3 is 0 Å². The number of nitrogens with one attached hydrogen (secondary N) is 1. The maximum absolute atomic E-state index is 15.5. The van der Waals surface area contributed by atoms with Crippen molar-refractivity contribution >= 4 is 22.7 Å². The number of alkyl halides is 1. The summed E-state index contributed by atoms with van der Waals surface area (Å²) < 4.78 is 20.7. The zero-order valence-corrected chi connectivity index (χ0v) is 14.4. The fourth-order valence-corrected chi connectivity index (χ4v) is 3.68. The molecule has 1 atom stereocenters. The van der Waals surface area contributed by atoms with E-state index in [0.717, 1.165) is 5.52 Å². The second-order valence-corrected chi connectivity index (χ2v) is 6.82. The molecule has 0 aliphatic carbocycles. The van der Waals surface area contributed by atoms with E-state index in [2.05, 4.69) is 10.2 Å². The third-order valence-electron chi connectivity index (χ3n) is 5.08. The summed E-state index contributed by atoms with van der Waals surface area (Å²) >= 11 is 0. The van der Waals surface area contributed by atoms with Gasteiger partial charge in [-0.2, -0.15) is 5.10 Å². The van der Waals surface area contributed by atoms with Crippen LogP contribution in [0.5, 0.6) is 0 Å². The molecule has 8 heteroatoms. The van der Waals surface area contributed by atoms with E-state index in [4.69, 9.17) is 4.74 Å².